The topological polar surface area (TPSA) is 55.8 Å². The van der Waals surface area contributed by atoms with E-state index in [9.17, 15) is 9.59 Å². The molecule has 0 saturated heterocycles. The minimum atomic E-state index is -0.304. The minimum Gasteiger partial charge on any atom is -0.468 e. The van der Waals surface area contributed by atoms with Crippen LogP contribution in [0.2, 0.25) is 0 Å². The molecule has 0 aromatic carbocycles. The Balaban J connectivity index is 2.51. The van der Waals surface area contributed by atoms with E-state index in [1.165, 1.54) is 7.11 Å². The highest BCUT2D eigenvalue weighted by Crippen LogP contribution is 2.23. The van der Waals surface area contributed by atoms with Crippen LogP contribution in [0.4, 0.5) is 0 Å². The highest BCUT2D eigenvalue weighted by molar-refractivity contribution is 5.75. The van der Waals surface area contributed by atoms with Crippen LogP contribution in [-0.2, 0) is 19.1 Å². The molecule has 0 N–H and O–H groups in total. The predicted molar refractivity (Wildman–Crippen MR) is 62.5 cm³/mol. The molecular weight excluding hydrogens is 222 g/mol. The van der Waals surface area contributed by atoms with Gasteiger partial charge in [0.1, 0.15) is 0 Å². The average molecular weight is 243 g/mol. The number of hydrogen-bond acceptors (Lipinski definition) is 5. The van der Waals surface area contributed by atoms with Crippen LogP contribution >= 0.6 is 0 Å². The molecule has 1 rings (SSSR count). The number of rotatable bonds is 6. The first-order chi connectivity index (χ1) is 8.17. The zero-order valence-corrected chi connectivity index (χ0v) is 10.6. The van der Waals surface area contributed by atoms with Crippen molar-refractivity contribution in [3.05, 3.63) is 0 Å². The van der Waals surface area contributed by atoms with Crippen LogP contribution in [0.5, 0.6) is 0 Å². The van der Waals surface area contributed by atoms with E-state index in [0.717, 1.165) is 25.7 Å². The first-order valence-electron chi connectivity index (χ1n) is 6.13. The predicted octanol–water partition coefficient (Wildman–Crippen LogP) is 0.967. The van der Waals surface area contributed by atoms with Gasteiger partial charge < -0.3 is 9.47 Å². The largest absolute Gasteiger partial charge is 0.468 e. The Morgan fingerprint density at radius 1 is 1.18 bits per heavy atom. The number of carbonyl (C=O) groups excluding carboxylic acids is 2. The van der Waals surface area contributed by atoms with Crippen LogP contribution in [-0.4, -0.2) is 49.7 Å². The lowest BCUT2D eigenvalue weighted by Crippen LogP contribution is -2.41. The normalized spacial score (nSPS) is 16.2. The molecule has 17 heavy (non-hydrogen) atoms. The average Bonchev–Trinajstić information content (AvgIpc) is 2.81. The van der Waals surface area contributed by atoms with Gasteiger partial charge in [0.2, 0.25) is 0 Å². The number of ether oxygens (including phenoxy) is 2. The molecule has 5 heteroatoms. The summed E-state index contributed by atoms with van der Waals surface area (Å²) in [6.07, 6.45) is 4.39. The molecular formula is C12H21NO4. The van der Waals surface area contributed by atoms with E-state index in [0.29, 0.717) is 12.6 Å². The molecule has 0 unspecified atom stereocenters. The molecule has 0 heterocycles. The summed E-state index contributed by atoms with van der Waals surface area (Å²) in [6.45, 7) is 2.49. The Labute approximate surface area is 102 Å². The quantitative estimate of drug-likeness (QED) is 0.651. The number of nitrogens with zero attached hydrogens (tertiary/aromatic N) is 1. The van der Waals surface area contributed by atoms with E-state index in [1.54, 1.807) is 6.92 Å². The van der Waals surface area contributed by atoms with Crippen LogP contribution in [0.1, 0.15) is 32.6 Å². The third-order valence-corrected chi connectivity index (χ3v) is 3.04. The number of esters is 2. The summed E-state index contributed by atoms with van der Waals surface area (Å²) in [6, 6.07) is 0.304. The maximum absolute atomic E-state index is 11.5. The van der Waals surface area contributed by atoms with Gasteiger partial charge in [-0.3, -0.25) is 14.5 Å². The van der Waals surface area contributed by atoms with Gasteiger partial charge in [0.05, 0.1) is 26.8 Å². The number of methoxy groups -OCH3 is 1. The van der Waals surface area contributed by atoms with Crippen molar-refractivity contribution in [1.29, 1.82) is 0 Å². The second-order valence-electron chi connectivity index (χ2n) is 4.22. The van der Waals surface area contributed by atoms with Crippen LogP contribution in [0.15, 0.2) is 0 Å². The Morgan fingerprint density at radius 2 is 1.76 bits per heavy atom. The SMILES string of the molecule is CCOC(=O)CN(CC(=O)OC)C1CCCC1. The van der Waals surface area contributed by atoms with Crippen LogP contribution in [0.25, 0.3) is 0 Å². The van der Waals surface area contributed by atoms with Gasteiger partial charge >= 0.3 is 11.9 Å². The van der Waals surface area contributed by atoms with Gasteiger partial charge in [0.25, 0.3) is 0 Å². The van der Waals surface area contributed by atoms with Crippen molar-refractivity contribution in [2.24, 2.45) is 0 Å². The summed E-state index contributed by atoms with van der Waals surface area (Å²) in [7, 11) is 1.36. The molecule has 0 aliphatic heterocycles. The van der Waals surface area contributed by atoms with Crippen molar-refractivity contribution in [2.75, 3.05) is 26.8 Å². The molecule has 0 atom stereocenters. The highest BCUT2D eigenvalue weighted by Gasteiger charge is 2.26. The summed E-state index contributed by atoms with van der Waals surface area (Å²) in [4.78, 5) is 24.6. The lowest BCUT2D eigenvalue weighted by atomic mass is 10.2. The molecule has 5 nitrogen and oxygen atoms in total. The Bertz CT molecular complexity index is 261. The van der Waals surface area contributed by atoms with E-state index in [-0.39, 0.29) is 25.0 Å². The summed E-state index contributed by atoms with van der Waals surface area (Å²) >= 11 is 0. The summed E-state index contributed by atoms with van der Waals surface area (Å²) < 4.78 is 9.56. The lowest BCUT2D eigenvalue weighted by Gasteiger charge is -2.26. The zero-order valence-electron chi connectivity index (χ0n) is 10.6. The van der Waals surface area contributed by atoms with Gasteiger partial charge in [-0.15, -0.1) is 0 Å². The van der Waals surface area contributed by atoms with Crippen molar-refractivity contribution >= 4 is 11.9 Å². The van der Waals surface area contributed by atoms with Crippen molar-refractivity contribution in [3.8, 4) is 0 Å². The molecule has 0 radical (unpaired) electrons. The molecule has 0 aromatic rings. The monoisotopic (exact) mass is 243 g/mol. The van der Waals surface area contributed by atoms with Gasteiger partial charge in [-0.25, -0.2) is 0 Å². The van der Waals surface area contributed by atoms with Crippen molar-refractivity contribution < 1.29 is 19.1 Å². The van der Waals surface area contributed by atoms with Gasteiger partial charge in [0, 0.05) is 6.04 Å². The summed E-state index contributed by atoms with van der Waals surface area (Å²) in [5.74, 6) is -0.579. The van der Waals surface area contributed by atoms with Gasteiger partial charge in [-0.05, 0) is 19.8 Å². The van der Waals surface area contributed by atoms with E-state index in [2.05, 4.69) is 4.74 Å². The smallest absolute Gasteiger partial charge is 0.320 e. The molecule has 1 aliphatic carbocycles. The minimum absolute atomic E-state index is 0.167. The standard InChI is InChI=1S/C12H21NO4/c1-3-17-12(15)9-13(8-11(14)16-2)10-6-4-5-7-10/h10H,3-9H2,1-2H3. The molecule has 1 aliphatic rings. The molecule has 0 bridgehead atoms. The molecule has 0 spiro atoms. The van der Waals surface area contributed by atoms with Gasteiger partial charge in [0.15, 0.2) is 0 Å². The summed E-state index contributed by atoms with van der Waals surface area (Å²) in [5.41, 5.74) is 0. The number of carbonyl (C=O) groups is 2. The van der Waals surface area contributed by atoms with E-state index in [1.807, 2.05) is 4.90 Å². The first kappa shape index (κ1) is 14.0. The van der Waals surface area contributed by atoms with E-state index < -0.39 is 0 Å². The maximum atomic E-state index is 11.5. The van der Waals surface area contributed by atoms with E-state index in [4.69, 9.17) is 4.74 Å². The third kappa shape index (κ3) is 4.73. The molecule has 1 fully saturated rings. The highest BCUT2D eigenvalue weighted by atomic mass is 16.5. The van der Waals surface area contributed by atoms with Crippen LogP contribution < -0.4 is 0 Å². The van der Waals surface area contributed by atoms with Crippen LogP contribution in [0, 0.1) is 0 Å². The Kier molecular flexibility index (Phi) is 5.97. The molecule has 98 valence electrons. The fourth-order valence-electron chi connectivity index (χ4n) is 2.19. The second-order valence-corrected chi connectivity index (χ2v) is 4.22. The summed E-state index contributed by atoms with van der Waals surface area (Å²) in [5, 5.41) is 0. The molecule has 0 amide bonds. The fourth-order valence-corrected chi connectivity index (χ4v) is 2.19. The Hall–Kier alpha value is -1.10. The van der Waals surface area contributed by atoms with Crippen molar-refractivity contribution in [1.82, 2.24) is 4.90 Å². The fraction of sp³-hybridized carbons (Fsp3) is 0.833. The Morgan fingerprint density at radius 3 is 2.29 bits per heavy atom. The second kappa shape index (κ2) is 7.27. The molecule has 1 saturated carbocycles. The van der Waals surface area contributed by atoms with Crippen LogP contribution in [0.3, 0.4) is 0 Å². The van der Waals surface area contributed by atoms with Crippen molar-refractivity contribution in [2.45, 2.75) is 38.6 Å². The number of hydrogen-bond donors (Lipinski definition) is 0. The maximum Gasteiger partial charge on any atom is 0.320 e. The lowest BCUT2D eigenvalue weighted by molar-refractivity contribution is -0.148. The first-order valence-corrected chi connectivity index (χ1v) is 6.13. The van der Waals surface area contributed by atoms with E-state index >= 15 is 0 Å². The third-order valence-electron chi connectivity index (χ3n) is 3.04. The molecule has 0 aromatic heterocycles. The zero-order chi connectivity index (χ0) is 12.7. The van der Waals surface area contributed by atoms with Gasteiger partial charge in [-0.1, -0.05) is 12.8 Å². The van der Waals surface area contributed by atoms with Gasteiger partial charge in [-0.2, -0.15) is 0 Å². The van der Waals surface area contributed by atoms with Crippen molar-refractivity contribution in [3.63, 3.8) is 0 Å².